The minimum atomic E-state index is -1.74. The van der Waals surface area contributed by atoms with E-state index in [0.717, 1.165) is 0 Å². The Balaban J connectivity index is 0. The summed E-state index contributed by atoms with van der Waals surface area (Å²) in [4.78, 5) is 20.0. The lowest BCUT2D eigenvalue weighted by Crippen LogP contribution is -2.23. The zero-order valence-electron chi connectivity index (χ0n) is 5.69. The largest absolute Gasteiger partial charge is 0.543 e. The van der Waals surface area contributed by atoms with Gasteiger partial charge in [-0.15, -0.1) is 0 Å². The highest BCUT2D eigenvalue weighted by Gasteiger charge is 2.17. The molecule has 1 atom stereocenters. The molecule has 2 radical (unpaired) electrons. The van der Waals surface area contributed by atoms with Crippen molar-refractivity contribution < 1.29 is 24.5 Å². The molecule has 0 saturated heterocycles. The van der Waals surface area contributed by atoms with Crippen LogP contribution in [0.5, 0.6) is 0 Å². The van der Waals surface area contributed by atoms with E-state index in [0.29, 0.717) is 0 Å². The number of carboxylic acid groups (broad SMARTS) is 1. The van der Waals surface area contributed by atoms with Crippen LogP contribution in [0.3, 0.4) is 0 Å². The van der Waals surface area contributed by atoms with Gasteiger partial charge in [-0.05, 0) is 0 Å². The van der Waals surface area contributed by atoms with Crippen LogP contribution < -0.4 is 6.15 Å². The number of aliphatic hydroxyl groups excluding tert-OH is 1. The second-order valence-corrected chi connectivity index (χ2v) is 1.55. The zero-order valence-corrected chi connectivity index (χ0v) is 5.69. The van der Waals surface area contributed by atoms with E-state index in [1.807, 2.05) is 0 Å². The van der Waals surface area contributed by atoms with Gasteiger partial charge in [-0.25, -0.2) is 4.79 Å². The van der Waals surface area contributed by atoms with Gasteiger partial charge in [-0.3, -0.25) is 4.79 Å². The smallest absolute Gasteiger partial charge is 0.378 e. The van der Waals surface area contributed by atoms with Gasteiger partial charge in [0.2, 0.25) is 0 Å². The van der Waals surface area contributed by atoms with Gasteiger partial charge >= 0.3 is 14.0 Å². The van der Waals surface area contributed by atoms with E-state index < -0.39 is 24.5 Å². The number of carboxylic acids is 1. The summed E-state index contributed by atoms with van der Waals surface area (Å²) in [6, 6.07) is 0. The molecule has 0 aromatic heterocycles. The quantitative estimate of drug-likeness (QED) is 0.438. The summed E-state index contributed by atoms with van der Waals surface area (Å²) < 4.78 is 3.61. The fraction of sp³-hybridized carbons (Fsp3) is 0.500. The van der Waals surface area contributed by atoms with Crippen molar-refractivity contribution >= 4 is 20.0 Å². The zero-order chi connectivity index (χ0) is 8.15. The molecule has 0 saturated carbocycles. The number of carbonyl (C=O) groups excluding carboxylic acids is 1. The average molecular weight is 161 g/mol. The lowest BCUT2D eigenvalue weighted by atomic mass is 10.2. The van der Waals surface area contributed by atoms with Crippen molar-refractivity contribution in [3.63, 3.8) is 0 Å². The predicted octanol–water partition coefficient (Wildman–Crippen LogP) is -1.39. The molecule has 0 spiro atoms. The number of hydrogen-bond donors (Lipinski definition) is 3. The molecule has 0 aliphatic carbocycles. The monoisotopic (exact) mass is 161 g/mol. The van der Waals surface area contributed by atoms with Crippen molar-refractivity contribution in [2.45, 2.75) is 12.5 Å². The summed E-state index contributed by atoms with van der Waals surface area (Å²) >= 11 is 0. The van der Waals surface area contributed by atoms with Crippen molar-refractivity contribution in [1.82, 2.24) is 6.15 Å². The lowest BCUT2D eigenvalue weighted by molar-refractivity contribution is -0.151. The standard InChI is InChI=1S/C4H5BO5.H3N/c5-10-3(7)1-2(6)4(8)9;/h2,6H,1H2,(H,8,9);1H3. The Kier molecular flexibility index (Phi) is 6.51. The van der Waals surface area contributed by atoms with Crippen molar-refractivity contribution in [2.24, 2.45) is 0 Å². The van der Waals surface area contributed by atoms with Gasteiger partial charge in [-0.1, -0.05) is 0 Å². The SMILES string of the molecule is N.[B]OC(=O)CC(O)C(=O)O. The first-order valence-corrected chi connectivity index (χ1v) is 2.38. The summed E-state index contributed by atoms with van der Waals surface area (Å²) in [5.74, 6) is -2.44. The topological polar surface area (TPSA) is 119 Å². The van der Waals surface area contributed by atoms with E-state index >= 15 is 0 Å². The summed E-state index contributed by atoms with van der Waals surface area (Å²) in [5, 5.41) is 16.5. The molecular formula is C4H8BNO5. The number of carbonyl (C=O) groups is 2. The normalized spacial score (nSPS) is 11.0. The highest BCUT2D eigenvalue weighted by Crippen LogP contribution is 1.92. The molecule has 0 aliphatic heterocycles. The first-order valence-electron chi connectivity index (χ1n) is 2.38. The Bertz CT molecular complexity index is 149. The molecule has 0 aromatic carbocycles. The fourth-order valence-electron chi connectivity index (χ4n) is 0.293. The van der Waals surface area contributed by atoms with Crippen molar-refractivity contribution in [2.75, 3.05) is 0 Å². The molecule has 0 fully saturated rings. The number of hydrogen-bond acceptors (Lipinski definition) is 5. The van der Waals surface area contributed by atoms with Crippen LogP contribution in [0.4, 0.5) is 0 Å². The molecule has 62 valence electrons. The molecule has 6 nitrogen and oxygen atoms in total. The highest BCUT2D eigenvalue weighted by molar-refractivity contribution is 6.05. The maximum Gasteiger partial charge on any atom is 0.378 e. The van der Waals surface area contributed by atoms with Gasteiger partial charge in [0.1, 0.15) is 0 Å². The Morgan fingerprint density at radius 3 is 2.27 bits per heavy atom. The van der Waals surface area contributed by atoms with Crippen LogP contribution in [0.2, 0.25) is 0 Å². The Hall–Kier alpha value is -1.08. The summed E-state index contributed by atoms with van der Waals surface area (Å²) in [7, 11) is 4.37. The number of rotatable bonds is 3. The van der Waals surface area contributed by atoms with Crippen LogP contribution in [-0.4, -0.2) is 36.3 Å². The van der Waals surface area contributed by atoms with Crippen molar-refractivity contribution in [3.05, 3.63) is 0 Å². The van der Waals surface area contributed by atoms with Crippen molar-refractivity contribution in [3.8, 4) is 0 Å². The molecule has 5 N–H and O–H groups in total. The Morgan fingerprint density at radius 2 is 2.00 bits per heavy atom. The Labute approximate surface area is 64.2 Å². The molecular weight excluding hydrogens is 153 g/mol. The third kappa shape index (κ3) is 5.37. The lowest BCUT2D eigenvalue weighted by Gasteiger charge is -2.01. The molecule has 7 heteroatoms. The molecule has 0 heterocycles. The van der Waals surface area contributed by atoms with Gasteiger partial charge in [0.25, 0.3) is 5.97 Å². The highest BCUT2D eigenvalue weighted by atomic mass is 16.5. The molecule has 11 heavy (non-hydrogen) atoms. The van der Waals surface area contributed by atoms with Gasteiger partial charge in [0, 0.05) is 0 Å². The van der Waals surface area contributed by atoms with Crippen LogP contribution in [0.1, 0.15) is 6.42 Å². The van der Waals surface area contributed by atoms with E-state index in [1.165, 1.54) is 0 Å². The summed E-state index contributed by atoms with van der Waals surface area (Å²) in [6.45, 7) is 0. The molecule has 0 rings (SSSR count). The molecule has 0 aliphatic rings. The van der Waals surface area contributed by atoms with E-state index in [9.17, 15) is 9.59 Å². The van der Waals surface area contributed by atoms with Gasteiger partial charge < -0.3 is 21.0 Å². The maximum absolute atomic E-state index is 10.2. The van der Waals surface area contributed by atoms with Gasteiger partial charge in [0.15, 0.2) is 6.10 Å². The maximum atomic E-state index is 10.2. The fourth-order valence-corrected chi connectivity index (χ4v) is 0.293. The van der Waals surface area contributed by atoms with Crippen LogP contribution >= 0.6 is 0 Å². The average Bonchev–Trinajstić information content (AvgIpc) is 1.87. The van der Waals surface area contributed by atoms with Crippen LogP contribution in [0.15, 0.2) is 0 Å². The second kappa shape index (κ2) is 5.69. The van der Waals surface area contributed by atoms with E-state index in [2.05, 4.69) is 12.7 Å². The van der Waals surface area contributed by atoms with Crippen LogP contribution in [0.25, 0.3) is 0 Å². The third-order valence-electron chi connectivity index (χ3n) is 0.777. The minimum Gasteiger partial charge on any atom is -0.543 e. The van der Waals surface area contributed by atoms with E-state index in [-0.39, 0.29) is 6.15 Å². The molecule has 0 amide bonds. The van der Waals surface area contributed by atoms with Gasteiger partial charge in [-0.2, -0.15) is 0 Å². The molecule has 0 bridgehead atoms. The van der Waals surface area contributed by atoms with Crippen LogP contribution in [-0.2, 0) is 14.2 Å². The second-order valence-electron chi connectivity index (χ2n) is 1.55. The van der Waals surface area contributed by atoms with E-state index in [1.54, 1.807) is 0 Å². The van der Waals surface area contributed by atoms with E-state index in [4.69, 9.17) is 10.2 Å². The first-order chi connectivity index (χ1) is 4.57. The summed E-state index contributed by atoms with van der Waals surface area (Å²) in [6.07, 6.45) is -2.37. The molecule has 1 unspecified atom stereocenters. The molecule has 0 aromatic rings. The predicted molar refractivity (Wildman–Crippen MR) is 35.1 cm³/mol. The third-order valence-corrected chi connectivity index (χ3v) is 0.777. The first kappa shape index (κ1) is 12.6. The summed E-state index contributed by atoms with van der Waals surface area (Å²) in [5.41, 5.74) is 0. The van der Waals surface area contributed by atoms with Gasteiger partial charge in [0.05, 0.1) is 6.42 Å². The van der Waals surface area contributed by atoms with Crippen molar-refractivity contribution in [1.29, 1.82) is 0 Å². The minimum absolute atomic E-state index is 0. The number of aliphatic hydroxyl groups is 1. The van der Waals surface area contributed by atoms with Crippen LogP contribution in [0, 0.1) is 0 Å². The number of aliphatic carboxylic acids is 1. The Morgan fingerprint density at radius 1 is 1.55 bits per heavy atom.